The number of aromatic hydroxyl groups is 1. The number of phenols is 1. The Hall–Kier alpha value is -1.67. The molecule has 0 aliphatic heterocycles. The van der Waals surface area contributed by atoms with Crippen LogP contribution in [0.15, 0.2) is 30.3 Å². The number of aryl methyl sites for hydroxylation is 3. The Balaban J connectivity index is 2.14. The van der Waals surface area contributed by atoms with Gasteiger partial charge in [-0.3, -0.25) is 0 Å². The normalized spacial score (nSPS) is 10.5. The highest BCUT2D eigenvalue weighted by atomic mass is 35.5. The second-order valence-electron chi connectivity index (χ2n) is 4.88. The molecule has 2 nitrogen and oxygen atoms in total. The van der Waals surface area contributed by atoms with E-state index in [1.54, 1.807) is 12.1 Å². The molecule has 0 saturated heterocycles. The lowest BCUT2D eigenvalue weighted by molar-refractivity contribution is 0.475. The predicted molar refractivity (Wildman–Crippen MR) is 81.1 cm³/mol. The number of nitrogens with one attached hydrogen (secondary N) is 1. The van der Waals surface area contributed by atoms with E-state index in [0.717, 1.165) is 12.2 Å². The van der Waals surface area contributed by atoms with Gasteiger partial charge in [0.2, 0.25) is 0 Å². The second kappa shape index (κ2) is 5.54. The average molecular weight is 276 g/mol. The zero-order chi connectivity index (χ0) is 14.0. The van der Waals surface area contributed by atoms with Gasteiger partial charge in [-0.05, 0) is 61.2 Å². The van der Waals surface area contributed by atoms with Gasteiger partial charge >= 0.3 is 0 Å². The lowest BCUT2D eigenvalue weighted by Gasteiger charge is -2.12. The van der Waals surface area contributed by atoms with Crippen LogP contribution in [-0.2, 0) is 6.54 Å². The Labute approximate surface area is 119 Å². The van der Waals surface area contributed by atoms with E-state index in [2.05, 4.69) is 38.2 Å². The van der Waals surface area contributed by atoms with Gasteiger partial charge < -0.3 is 10.4 Å². The Bertz CT molecular complexity index is 608. The van der Waals surface area contributed by atoms with E-state index >= 15 is 0 Å². The van der Waals surface area contributed by atoms with Crippen molar-refractivity contribution in [2.75, 3.05) is 5.32 Å². The molecule has 0 aliphatic carbocycles. The number of benzene rings is 2. The van der Waals surface area contributed by atoms with E-state index in [9.17, 15) is 5.11 Å². The predicted octanol–water partition coefficient (Wildman–Crippen LogP) is 4.58. The van der Waals surface area contributed by atoms with Gasteiger partial charge in [-0.2, -0.15) is 0 Å². The van der Waals surface area contributed by atoms with E-state index in [-0.39, 0.29) is 5.75 Å². The monoisotopic (exact) mass is 275 g/mol. The largest absolute Gasteiger partial charge is 0.506 e. The molecule has 0 heterocycles. The zero-order valence-corrected chi connectivity index (χ0v) is 12.2. The third-order valence-corrected chi connectivity index (χ3v) is 3.69. The molecule has 0 aliphatic rings. The molecule has 2 aromatic rings. The molecular weight excluding hydrogens is 258 g/mol. The standard InChI is InChI=1S/C16H18ClNO/c1-10-6-12(3)13(7-11(10)2)9-18-14-4-5-16(19)15(17)8-14/h4-8,18-19H,9H2,1-3H3. The highest BCUT2D eigenvalue weighted by Gasteiger charge is 2.03. The molecule has 0 radical (unpaired) electrons. The number of phenolic OH excluding ortho intramolecular Hbond substituents is 1. The fraction of sp³-hybridized carbons (Fsp3) is 0.250. The Morgan fingerprint density at radius 3 is 2.37 bits per heavy atom. The first-order valence-electron chi connectivity index (χ1n) is 6.26. The minimum atomic E-state index is 0.106. The van der Waals surface area contributed by atoms with E-state index in [0.29, 0.717) is 5.02 Å². The minimum absolute atomic E-state index is 0.106. The van der Waals surface area contributed by atoms with Gasteiger partial charge in [0, 0.05) is 12.2 Å². The van der Waals surface area contributed by atoms with Crippen LogP contribution < -0.4 is 5.32 Å². The van der Waals surface area contributed by atoms with Crippen LogP contribution in [0.3, 0.4) is 0 Å². The Kier molecular flexibility index (Phi) is 4.01. The summed E-state index contributed by atoms with van der Waals surface area (Å²) < 4.78 is 0. The highest BCUT2D eigenvalue weighted by Crippen LogP contribution is 2.26. The van der Waals surface area contributed by atoms with Gasteiger partial charge in [0.25, 0.3) is 0 Å². The van der Waals surface area contributed by atoms with Crippen LogP contribution in [-0.4, -0.2) is 5.11 Å². The van der Waals surface area contributed by atoms with E-state index in [1.165, 1.54) is 22.3 Å². The number of hydrogen-bond donors (Lipinski definition) is 2. The Morgan fingerprint density at radius 2 is 1.68 bits per heavy atom. The SMILES string of the molecule is Cc1cc(C)c(CNc2ccc(O)c(Cl)c2)cc1C. The first-order valence-corrected chi connectivity index (χ1v) is 6.64. The van der Waals surface area contributed by atoms with E-state index < -0.39 is 0 Å². The second-order valence-corrected chi connectivity index (χ2v) is 5.29. The smallest absolute Gasteiger partial charge is 0.134 e. The van der Waals surface area contributed by atoms with Crippen LogP contribution in [0, 0.1) is 20.8 Å². The molecular formula is C16H18ClNO. The Morgan fingerprint density at radius 1 is 1.00 bits per heavy atom. The summed E-state index contributed by atoms with van der Waals surface area (Å²) in [6.07, 6.45) is 0. The van der Waals surface area contributed by atoms with Crippen molar-refractivity contribution in [3.63, 3.8) is 0 Å². The summed E-state index contributed by atoms with van der Waals surface area (Å²) in [7, 11) is 0. The summed E-state index contributed by atoms with van der Waals surface area (Å²) in [6.45, 7) is 7.11. The summed E-state index contributed by atoms with van der Waals surface area (Å²) >= 11 is 5.88. The summed E-state index contributed by atoms with van der Waals surface area (Å²) in [5.74, 6) is 0.106. The minimum Gasteiger partial charge on any atom is -0.506 e. The van der Waals surface area contributed by atoms with Crippen LogP contribution in [0.5, 0.6) is 5.75 Å². The van der Waals surface area contributed by atoms with Crippen LogP contribution in [0.2, 0.25) is 5.02 Å². The first kappa shape index (κ1) is 13.8. The van der Waals surface area contributed by atoms with Gasteiger partial charge in [-0.25, -0.2) is 0 Å². The zero-order valence-electron chi connectivity index (χ0n) is 11.4. The van der Waals surface area contributed by atoms with Gasteiger partial charge in [0.05, 0.1) is 5.02 Å². The quantitative estimate of drug-likeness (QED) is 0.804. The van der Waals surface area contributed by atoms with Crippen molar-refractivity contribution >= 4 is 17.3 Å². The summed E-state index contributed by atoms with van der Waals surface area (Å²) in [4.78, 5) is 0. The van der Waals surface area contributed by atoms with Gasteiger partial charge in [0.1, 0.15) is 5.75 Å². The maximum Gasteiger partial charge on any atom is 0.134 e. The third kappa shape index (κ3) is 3.21. The van der Waals surface area contributed by atoms with E-state index in [1.807, 2.05) is 6.07 Å². The number of rotatable bonds is 3. The van der Waals surface area contributed by atoms with Crippen LogP contribution >= 0.6 is 11.6 Å². The highest BCUT2D eigenvalue weighted by molar-refractivity contribution is 6.32. The molecule has 100 valence electrons. The molecule has 19 heavy (non-hydrogen) atoms. The number of halogens is 1. The lowest BCUT2D eigenvalue weighted by Crippen LogP contribution is -2.02. The average Bonchev–Trinajstić information content (AvgIpc) is 2.36. The van der Waals surface area contributed by atoms with E-state index in [4.69, 9.17) is 11.6 Å². The molecule has 0 aromatic heterocycles. The molecule has 0 atom stereocenters. The topological polar surface area (TPSA) is 32.3 Å². The molecule has 0 amide bonds. The summed E-state index contributed by atoms with van der Waals surface area (Å²) in [5.41, 5.74) is 6.06. The van der Waals surface area contributed by atoms with Gasteiger partial charge in [0.15, 0.2) is 0 Å². The molecule has 0 saturated carbocycles. The summed E-state index contributed by atoms with van der Waals surface area (Å²) in [5, 5.41) is 13.1. The third-order valence-electron chi connectivity index (χ3n) is 3.38. The van der Waals surface area contributed by atoms with Crippen molar-refractivity contribution in [2.45, 2.75) is 27.3 Å². The van der Waals surface area contributed by atoms with Gasteiger partial charge in [-0.1, -0.05) is 23.7 Å². The maximum atomic E-state index is 9.38. The van der Waals surface area contributed by atoms with Crippen molar-refractivity contribution in [2.24, 2.45) is 0 Å². The molecule has 0 fully saturated rings. The maximum absolute atomic E-state index is 9.38. The fourth-order valence-corrected chi connectivity index (χ4v) is 2.21. The molecule has 3 heteroatoms. The van der Waals surface area contributed by atoms with Crippen LogP contribution in [0.4, 0.5) is 5.69 Å². The number of anilines is 1. The van der Waals surface area contributed by atoms with Crippen molar-refractivity contribution < 1.29 is 5.11 Å². The van der Waals surface area contributed by atoms with Crippen molar-refractivity contribution in [1.82, 2.24) is 0 Å². The molecule has 2 N–H and O–H groups in total. The van der Waals surface area contributed by atoms with Gasteiger partial charge in [-0.15, -0.1) is 0 Å². The molecule has 2 aromatic carbocycles. The molecule has 0 unspecified atom stereocenters. The van der Waals surface area contributed by atoms with Crippen LogP contribution in [0.25, 0.3) is 0 Å². The molecule has 0 spiro atoms. The number of hydrogen-bond acceptors (Lipinski definition) is 2. The van der Waals surface area contributed by atoms with Crippen molar-refractivity contribution in [3.8, 4) is 5.75 Å². The summed E-state index contributed by atoms with van der Waals surface area (Å²) in [6, 6.07) is 9.55. The van der Waals surface area contributed by atoms with Crippen molar-refractivity contribution in [1.29, 1.82) is 0 Å². The fourth-order valence-electron chi connectivity index (χ4n) is 2.02. The first-order chi connectivity index (χ1) is 8.97. The molecule has 2 rings (SSSR count). The molecule has 0 bridgehead atoms. The van der Waals surface area contributed by atoms with Crippen molar-refractivity contribution in [3.05, 3.63) is 57.6 Å². The lowest BCUT2D eigenvalue weighted by atomic mass is 10.0. The van der Waals surface area contributed by atoms with Crippen LogP contribution in [0.1, 0.15) is 22.3 Å².